The number of Topliss-reactive ketones (excluding diaryl/α,β-unsaturated/α-hetero) is 1. The number of carbonyl (C=O) groups is 1. The van der Waals surface area contributed by atoms with Crippen molar-refractivity contribution in [3.8, 4) is 22.9 Å². The summed E-state index contributed by atoms with van der Waals surface area (Å²) < 4.78 is 11.4. The monoisotopic (exact) mass is 416 g/mol. The fourth-order valence-corrected chi connectivity index (χ4v) is 2.70. The van der Waals surface area contributed by atoms with Gasteiger partial charge in [-0.25, -0.2) is 0 Å². The number of rotatable bonds is 6. The summed E-state index contributed by atoms with van der Waals surface area (Å²) in [6.07, 6.45) is 0. The number of ether oxygens (including phenoxy) is 2. The Hall–Kier alpha value is -2.74. The number of tetrazole rings is 1. The second-order valence-electron chi connectivity index (χ2n) is 5.55. The van der Waals surface area contributed by atoms with Gasteiger partial charge in [-0.3, -0.25) is 4.79 Å². The molecule has 0 fully saturated rings. The minimum Gasteiger partial charge on any atom is -0.493 e. The molecule has 0 N–H and O–H groups in total. The molecule has 0 spiro atoms. The lowest BCUT2D eigenvalue weighted by atomic mass is 10.1. The van der Waals surface area contributed by atoms with Crippen LogP contribution in [0.3, 0.4) is 0 Å². The zero-order valence-electron chi connectivity index (χ0n) is 14.5. The average Bonchev–Trinajstić information content (AvgIpc) is 3.17. The van der Waals surface area contributed by atoms with Crippen molar-refractivity contribution in [1.29, 1.82) is 0 Å². The summed E-state index contributed by atoms with van der Waals surface area (Å²) in [7, 11) is 3.07. The molecule has 134 valence electrons. The number of carbonyl (C=O) groups excluding carboxylic acids is 1. The Bertz CT molecular complexity index is 924. The number of methoxy groups -OCH3 is 2. The molecule has 0 bridgehead atoms. The van der Waals surface area contributed by atoms with Gasteiger partial charge >= 0.3 is 0 Å². The van der Waals surface area contributed by atoms with Crippen molar-refractivity contribution in [3.05, 3.63) is 52.5 Å². The number of hydrogen-bond acceptors (Lipinski definition) is 6. The van der Waals surface area contributed by atoms with E-state index in [2.05, 4.69) is 31.3 Å². The molecule has 0 aliphatic rings. The molecule has 8 heteroatoms. The molecule has 1 aromatic heterocycles. The molecule has 3 rings (SSSR count). The van der Waals surface area contributed by atoms with Gasteiger partial charge in [0.2, 0.25) is 5.82 Å². The number of ketones is 1. The summed E-state index contributed by atoms with van der Waals surface area (Å²) in [6, 6.07) is 12.0. The molecule has 0 saturated carbocycles. The molecule has 26 heavy (non-hydrogen) atoms. The third kappa shape index (κ3) is 3.60. The van der Waals surface area contributed by atoms with Crippen molar-refractivity contribution in [2.75, 3.05) is 14.2 Å². The van der Waals surface area contributed by atoms with Crippen LogP contribution < -0.4 is 9.47 Å². The topological polar surface area (TPSA) is 79.1 Å². The van der Waals surface area contributed by atoms with Crippen LogP contribution in [0.4, 0.5) is 0 Å². The van der Waals surface area contributed by atoms with Gasteiger partial charge in [-0.1, -0.05) is 15.9 Å². The maximum Gasteiger partial charge on any atom is 0.204 e. The first-order valence-corrected chi connectivity index (χ1v) is 8.64. The molecule has 1 atom stereocenters. The third-order valence-electron chi connectivity index (χ3n) is 3.92. The normalized spacial score (nSPS) is 11.8. The Labute approximate surface area is 159 Å². The smallest absolute Gasteiger partial charge is 0.204 e. The van der Waals surface area contributed by atoms with Crippen molar-refractivity contribution < 1.29 is 14.3 Å². The SMILES string of the molecule is COc1ccc(C(=O)C(C)n2nnc(-c3ccc(Br)cc3)n2)cc1OC. The molecule has 0 radical (unpaired) electrons. The van der Waals surface area contributed by atoms with Crippen LogP contribution in [-0.4, -0.2) is 40.2 Å². The summed E-state index contributed by atoms with van der Waals surface area (Å²) in [4.78, 5) is 14.1. The van der Waals surface area contributed by atoms with Crippen LogP contribution in [0.15, 0.2) is 46.9 Å². The second-order valence-corrected chi connectivity index (χ2v) is 6.47. The molecule has 0 aliphatic carbocycles. The van der Waals surface area contributed by atoms with Crippen molar-refractivity contribution in [3.63, 3.8) is 0 Å². The Kier molecular flexibility index (Phi) is 5.32. The predicted molar refractivity (Wildman–Crippen MR) is 99.5 cm³/mol. The van der Waals surface area contributed by atoms with E-state index < -0.39 is 6.04 Å². The van der Waals surface area contributed by atoms with Crippen molar-refractivity contribution in [2.24, 2.45) is 0 Å². The lowest BCUT2D eigenvalue weighted by Crippen LogP contribution is -2.19. The lowest BCUT2D eigenvalue weighted by Gasteiger charge is -2.12. The number of nitrogens with zero attached hydrogens (tertiary/aromatic N) is 4. The predicted octanol–water partition coefficient (Wildman–Crippen LogP) is 3.56. The number of aromatic nitrogens is 4. The molecule has 7 nitrogen and oxygen atoms in total. The Morgan fingerprint density at radius 1 is 1.08 bits per heavy atom. The molecular weight excluding hydrogens is 400 g/mol. The van der Waals surface area contributed by atoms with Gasteiger partial charge in [0.15, 0.2) is 17.3 Å². The van der Waals surface area contributed by atoms with E-state index in [1.165, 1.54) is 11.9 Å². The van der Waals surface area contributed by atoms with E-state index in [1.54, 1.807) is 32.2 Å². The van der Waals surface area contributed by atoms with Crippen LogP contribution in [0, 0.1) is 0 Å². The highest BCUT2D eigenvalue weighted by atomic mass is 79.9. The van der Waals surface area contributed by atoms with Crippen molar-refractivity contribution >= 4 is 21.7 Å². The molecule has 0 amide bonds. The molecule has 0 saturated heterocycles. The zero-order valence-corrected chi connectivity index (χ0v) is 16.1. The van der Waals surface area contributed by atoms with Gasteiger partial charge in [-0.2, -0.15) is 4.80 Å². The number of benzene rings is 2. The van der Waals surface area contributed by atoms with E-state index in [0.29, 0.717) is 22.9 Å². The van der Waals surface area contributed by atoms with Gasteiger partial charge in [0.25, 0.3) is 0 Å². The minimum absolute atomic E-state index is 0.147. The lowest BCUT2D eigenvalue weighted by molar-refractivity contribution is 0.0917. The van der Waals surface area contributed by atoms with Crippen molar-refractivity contribution in [1.82, 2.24) is 20.2 Å². The van der Waals surface area contributed by atoms with Gasteiger partial charge in [0, 0.05) is 15.6 Å². The first-order chi connectivity index (χ1) is 12.5. The molecule has 1 unspecified atom stereocenters. The first kappa shape index (κ1) is 18.1. The quantitative estimate of drug-likeness (QED) is 0.571. The molecular formula is C18H17BrN4O3. The first-order valence-electron chi connectivity index (χ1n) is 7.85. The molecule has 0 aliphatic heterocycles. The second kappa shape index (κ2) is 7.65. The van der Waals surface area contributed by atoms with E-state index >= 15 is 0 Å². The maximum absolute atomic E-state index is 12.8. The third-order valence-corrected chi connectivity index (χ3v) is 4.45. The number of hydrogen-bond donors (Lipinski definition) is 0. The highest BCUT2D eigenvalue weighted by Gasteiger charge is 2.21. The van der Waals surface area contributed by atoms with Crippen LogP contribution in [-0.2, 0) is 0 Å². The molecule has 2 aromatic carbocycles. The van der Waals surface area contributed by atoms with E-state index in [4.69, 9.17) is 9.47 Å². The van der Waals surface area contributed by atoms with Crippen molar-refractivity contribution in [2.45, 2.75) is 13.0 Å². The minimum atomic E-state index is -0.607. The van der Waals surface area contributed by atoms with Crippen LogP contribution in [0.25, 0.3) is 11.4 Å². The largest absolute Gasteiger partial charge is 0.493 e. The van der Waals surface area contributed by atoms with E-state index in [-0.39, 0.29) is 5.78 Å². The van der Waals surface area contributed by atoms with E-state index in [9.17, 15) is 4.79 Å². The summed E-state index contributed by atoms with van der Waals surface area (Å²) >= 11 is 3.39. The highest BCUT2D eigenvalue weighted by molar-refractivity contribution is 9.10. The average molecular weight is 417 g/mol. The van der Waals surface area contributed by atoms with Crippen LogP contribution in [0.5, 0.6) is 11.5 Å². The molecule has 1 heterocycles. The number of halogens is 1. The van der Waals surface area contributed by atoms with Crippen LogP contribution in [0.2, 0.25) is 0 Å². The summed E-state index contributed by atoms with van der Waals surface area (Å²) in [5, 5.41) is 12.4. The molecule has 3 aromatic rings. The Morgan fingerprint density at radius 2 is 1.77 bits per heavy atom. The van der Waals surface area contributed by atoms with Crippen LogP contribution >= 0.6 is 15.9 Å². The Morgan fingerprint density at radius 3 is 2.42 bits per heavy atom. The zero-order chi connectivity index (χ0) is 18.7. The fourth-order valence-electron chi connectivity index (χ4n) is 2.44. The summed E-state index contributed by atoms with van der Waals surface area (Å²) in [6.45, 7) is 1.73. The maximum atomic E-state index is 12.8. The fraction of sp³-hybridized carbons (Fsp3) is 0.222. The van der Waals surface area contributed by atoms with E-state index in [1.807, 2.05) is 24.3 Å². The van der Waals surface area contributed by atoms with E-state index in [0.717, 1.165) is 10.0 Å². The van der Waals surface area contributed by atoms with Gasteiger partial charge < -0.3 is 9.47 Å². The van der Waals surface area contributed by atoms with Crippen LogP contribution in [0.1, 0.15) is 23.3 Å². The standard InChI is InChI=1S/C18H17BrN4O3/c1-11(17(24)13-6-9-15(25-2)16(10-13)26-3)23-21-18(20-22-23)12-4-7-14(19)8-5-12/h4-11H,1-3H3. The van der Waals surface area contributed by atoms with Gasteiger partial charge in [-0.05, 0) is 54.6 Å². The van der Waals surface area contributed by atoms with Gasteiger partial charge in [0.1, 0.15) is 6.04 Å². The van der Waals surface area contributed by atoms with Gasteiger partial charge in [-0.15, -0.1) is 10.2 Å². The summed E-state index contributed by atoms with van der Waals surface area (Å²) in [5.41, 5.74) is 1.31. The van der Waals surface area contributed by atoms with Gasteiger partial charge in [0.05, 0.1) is 14.2 Å². The Balaban J connectivity index is 1.84. The summed E-state index contributed by atoms with van der Waals surface area (Å²) in [5.74, 6) is 1.37. The highest BCUT2D eigenvalue weighted by Crippen LogP contribution is 2.29.